The van der Waals surface area contributed by atoms with Crippen LogP contribution in [0, 0.1) is 0 Å². The van der Waals surface area contributed by atoms with Gasteiger partial charge in [0.1, 0.15) is 0 Å². The number of pyridine rings is 2. The average molecular weight is 769 g/mol. The maximum atomic E-state index is 5.08. The quantitative estimate of drug-likeness (QED) is 0.167. The van der Waals surface area contributed by atoms with Crippen LogP contribution in [-0.4, -0.2) is 9.97 Å². The highest BCUT2D eigenvalue weighted by Crippen LogP contribution is 2.60. The molecular weight excluding hydrogens is 725 g/mol. The smallest absolute Gasteiger partial charge is 0.0702 e. The van der Waals surface area contributed by atoms with Crippen molar-refractivity contribution in [2.75, 3.05) is 0 Å². The lowest BCUT2D eigenvalue weighted by atomic mass is 9.75. The summed E-state index contributed by atoms with van der Waals surface area (Å²) in [6, 6.07) is 58.1. The van der Waals surface area contributed by atoms with E-state index in [4.69, 9.17) is 4.98 Å². The van der Waals surface area contributed by atoms with Crippen molar-refractivity contribution in [1.82, 2.24) is 9.97 Å². The third-order valence-electron chi connectivity index (χ3n) is 15.1. The number of fused-ring (bicyclic) bond motifs is 12. The van der Waals surface area contributed by atoms with Gasteiger partial charge in [-0.15, -0.1) is 0 Å². The second-order valence-electron chi connectivity index (χ2n) is 17.9. The maximum Gasteiger partial charge on any atom is 0.0702 e. The molecule has 2 saturated carbocycles. The number of nitrogens with zero attached hydrogens (tertiary/aromatic N) is 2. The Morgan fingerprint density at radius 3 is 1.40 bits per heavy atom. The standard InChI is InChI=1S/C58H44N2/c1-2-14-47-46(13-1)55(39-18-21-44-42-11-3-5-15-50(42)57(52(44)34-39)27-7-8-28-57)48-23-17-38(54-24-20-41(36-60-54)37-25-31-59-32-26-37)33-49(48)56(47)40-19-22-45-43-12-4-6-16-51(43)58(53(45)35-40)29-9-10-30-58/h1-6,11-26,31-36H,7-10,27-30H2. The molecule has 0 saturated heterocycles. The molecule has 60 heavy (non-hydrogen) atoms. The maximum absolute atomic E-state index is 5.08. The van der Waals surface area contributed by atoms with Gasteiger partial charge in [-0.25, -0.2) is 0 Å². The van der Waals surface area contributed by atoms with E-state index < -0.39 is 0 Å². The molecule has 2 nitrogen and oxygen atoms in total. The highest BCUT2D eigenvalue weighted by atomic mass is 14.7. The predicted octanol–water partition coefficient (Wildman–Crippen LogP) is 15.1. The SMILES string of the molecule is c1ccc2c(c1)-c1ccc(-c3c4ccccc4c(-c4ccc5c(c4)C4(CCCC4)c4ccccc4-5)c4cc(-c5ccc(-c6ccncc6)cn5)ccc34)cc1C21CCCC1. The third-order valence-corrected chi connectivity index (χ3v) is 15.1. The molecule has 0 unspecified atom stereocenters. The van der Waals surface area contributed by atoms with Gasteiger partial charge in [0.15, 0.2) is 0 Å². The number of benzene rings is 7. The molecular formula is C58H44N2. The summed E-state index contributed by atoms with van der Waals surface area (Å²) in [6.07, 6.45) is 15.7. The van der Waals surface area contributed by atoms with Crippen molar-refractivity contribution in [2.24, 2.45) is 0 Å². The van der Waals surface area contributed by atoms with E-state index in [1.807, 2.05) is 30.7 Å². The first kappa shape index (κ1) is 34.2. The van der Waals surface area contributed by atoms with Crippen LogP contribution < -0.4 is 0 Å². The van der Waals surface area contributed by atoms with E-state index in [2.05, 4.69) is 145 Å². The van der Waals surface area contributed by atoms with Crippen LogP contribution in [0.1, 0.15) is 73.6 Å². The largest absolute Gasteiger partial charge is 0.265 e. The number of hydrogen-bond donors (Lipinski definition) is 0. The van der Waals surface area contributed by atoms with E-state index in [-0.39, 0.29) is 10.8 Å². The van der Waals surface area contributed by atoms with Crippen molar-refractivity contribution < 1.29 is 0 Å². The molecule has 2 spiro atoms. The van der Waals surface area contributed by atoms with Gasteiger partial charge in [-0.3, -0.25) is 9.97 Å². The summed E-state index contributed by atoms with van der Waals surface area (Å²) in [4.78, 5) is 9.30. The summed E-state index contributed by atoms with van der Waals surface area (Å²) in [7, 11) is 0. The average Bonchev–Trinajstić information content (AvgIpc) is 4.12. The first-order valence-corrected chi connectivity index (χ1v) is 22.1. The first-order chi connectivity index (χ1) is 29.7. The summed E-state index contributed by atoms with van der Waals surface area (Å²) >= 11 is 0. The molecule has 2 heterocycles. The van der Waals surface area contributed by atoms with Crippen LogP contribution in [0.15, 0.2) is 170 Å². The van der Waals surface area contributed by atoms with Crippen LogP contribution in [0.2, 0.25) is 0 Å². The molecule has 13 rings (SSSR count). The minimum absolute atomic E-state index is 0.0946. The fourth-order valence-corrected chi connectivity index (χ4v) is 12.5. The normalized spacial score (nSPS) is 16.4. The van der Waals surface area contributed by atoms with E-state index in [9.17, 15) is 0 Å². The van der Waals surface area contributed by atoms with Crippen molar-refractivity contribution in [3.05, 3.63) is 193 Å². The Morgan fingerprint density at radius 1 is 0.350 bits per heavy atom. The summed E-state index contributed by atoms with van der Waals surface area (Å²) < 4.78 is 0. The van der Waals surface area contributed by atoms with E-state index in [0.717, 1.165) is 22.4 Å². The van der Waals surface area contributed by atoms with Gasteiger partial charge in [0.25, 0.3) is 0 Å². The van der Waals surface area contributed by atoms with Gasteiger partial charge in [-0.1, -0.05) is 141 Å². The monoisotopic (exact) mass is 768 g/mol. The van der Waals surface area contributed by atoms with Crippen LogP contribution in [0.3, 0.4) is 0 Å². The zero-order chi connectivity index (χ0) is 39.4. The van der Waals surface area contributed by atoms with Gasteiger partial charge in [0.2, 0.25) is 0 Å². The van der Waals surface area contributed by atoms with Crippen molar-refractivity contribution in [2.45, 2.75) is 62.2 Å². The Bertz CT molecular complexity index is 3200. The van der Waals surface area contributed by atoms with Gasteiger partial charge >= 0.3 is 0 Å². The number of hydrogen-bond acceptors (Lipinski definition) is 2. The molecule has 9 aromatic rings. The van der Waals surface area contributed by atoms with Gasteiger partial charge in [0.05, 0.1) is 5.69 Å². The minimum atomic E-state index is 0.0946. The molecule has 0 atom stereocenters. The van der Waals surface area contributed by atoms with Crippen LogP contribution in [0.25, 0.3) is 88.4 Å². The second kappa shape index (κ2) is 12.9. The number of rotatable bonds is 4. The Hall–Kier alpha value is -6.64. The van der Waals surface area contributed by atoms with Crippen molar-refractivity contribution in [1.29, 1.82) is 0 Å². The van der Waals surface area contributed by atoms with Crippen LogP contribution in [0.4, 0.5) is 0 Å². The molecule has 0 N–H and O–H groups in total. The van der Waals surface area contributed by atoms with Gasteiger partial charge in [0, 0.05) is 40.5 Å². The molecule has 7 aromatic carbocycles. The second-order valence-corrected chi connectivity index (χ2v) is 17.9. The van der Waals surface area contributed by atoms with Gasteiger partial charge < -0.3 is 0 Å². The zero-order valence-corrected chi connectivity index (χ0v) is 33.7. The highest BCUT2D eigenvalue weighted by Gasteiger charge is 2.46. The molecule has 0 amide bonds. The Kier molecular flexibility index (Phi) is 7.38. The number of aromatic nitrogens is 2. The molecule has 4 aliphatic rings. The van der Waals surface area contributed by atoms with E-state index in [0.29, 0.717) is 0 Å². The topological polar surface area (TPSA) is 25.8 Å². The van der Waals surface area contributed by atoms with E-state index in [1.165, 1.54) is 140 Å². The summed E-state index contributed by atoms with van der Waals surface area (Å²) in [5.74, 6) is 0. The fraction of sp³-hybridized carbons (Fsp3) is 0.172. The third kappa shape index (κ3) is 4.76. The van der Waals surface area contributed by atoms with E-state index >= 15 is 0 Å². The highest BCUT2D eigenvalue weighted by molar-refractivity contribution is 6.22. The fourth-order valence-electron chi connectivity index (χ4n) is 12.5. The van der Waals surface area contributed by atoms with E-state index in [1.54, 1.807) is 0 Å². The Morgan fingerprint density at radius 2 is 0.833 bits per heavy atom. The lowest BCUT2D eigenvalue weighted by Gasteiger charge is -2.28. The molecule has 286 valence electrons. The molecule has 2 heteroatoms. The van der Waals surface area contributed by atoms with Crippen LogP contribution >= 0.6 is 0 Å². The lowest BCUT2D eigenvalue weighted by molar-refractivity contribution is 0.550. The first-order valence-electron chi connectivity index (χ1n) is 22.1. The van der Waals surface area contributed by atoms with Crippen LogP contribution in [-0.2, 0) is 10.8 Å². The van der Waals surface area contributed by atoms with Crippen LogP contribution in [0.5, 0.6) is 0 Å². The molecule has 0 bridgehead atoms. The summed E-state index contributed by atoms with van der Waals surface area (Å²) in [6.45, 7) is 0. The zero-order valence-electron chi connectivity index (χ0n) is 33.7. The molecule has 0 aliphatic heterocycles. The molecule has 0 radical (unpaired) electrons. The Labute approximate surface area is 351 Å². The van der Waals surface area contributed by atoms with Gasteiger partial charge in [-0.05, 0) is 156 Å². The Balaban J connectivity index is 1.06. The summed E-state index contributed by atoms with van der Waals surface area (Å²) in [5, 5.41) is 5.17. The van der Waals surface area contributed by atoms with Gasteiger partial charge in [-0.2, -0.15) is 0 Å². The minimum Gasteiger partial charge on any atom is -0.265 e. The molecule has 2 fully saturated rings. The van der Waals surface area contributed by atoms with Crippen molar-refractivity contribution in [3.8, 4) is 66.9 Å². The molecule has 4 aliphatic carbocycles. The lowest BCUT2D eigenvalue weighted by Crippen LogP contribution is -2.20. The molecule has 2 aromatic heterocycles. The summed E-state index contributed by atoms with van der Waals surface area (Å²) in [5.41, 5.74) is 21.6. The predicted molar refractivity (Wildman–Crippen MR) is 248 cm³/mol. The van der Waals surface area contributed by atoms with Crippen molar-refractivity contribution in [3.63, 3.8) is 0 Å². The van der Waals surface area contributed by atoms with Crippen molar-refractivity contribution >= 4 is 21.5 Å².